The molecule has 0 radical (unpaired) electrons. The highest BCUT2D eigenvalue weighted by Crippen LogP contribution is 2.50. The SMILES string of the molecule is CC1=CC(C)CC(N(c2ccncc2)c2ccc3c(c2)c2c(c4c(-c5ccccc5)cc(-c5ccccc5)c(-c5ccccc5)c43)C=CCC2)=C1. The molecular formula is C49H40N2. The van der Waals surface area contributed by atoms with Crippen LogP contribution in [0.15, 0.2) is 169 Å². The number of hydrogen-bond donors (Lipinski definition) is 0. The summed E-state index contributed by atoms with van der Waals surface area (Å²) in [4.78, 5) is 6.83. The van der Waals surface area contributed by atoms with Gasteiger partial charge in [-0.05, 0) is 135 Å². The Labute approximate surface area is 300 Å². The molecule has 51 heavy (non-hydrogen) atoms. The van der Waals surface area contributed by atoms with Crippen LogP contribution in [-0.4, -0.2) is 4.98 Å². The van der Waals surface area contributed by atoms with E-state index < -0.39 is 0 Å². The van der Waals surface area contributed by atoms with Gasteiger partial charge in [0.15, 0.2) is 0 Å². The van der Waals surface area contributed by atoms with Crippen molar-refractivity contribution in [3.63, 3.8) is 0 Å². The van der Waals surface area contributed by atoms with Gasteiger partial charge < -0.3 is 4.90 Å². The van der Waals surface area contributed by atoms with Crippen molar-refractivity contribution in [1.82, 2.24) is 4.98 Å². The van der Waals surface area contributed by atoms with Crippen molar-refractivity contribution in [3.05, 3.63) is 180 Å². The van der Waals surface area contributed by atoms with E-state index in [1.165, 1.54) is 83.0 Å². The highest BCUT2D eigenvalue weighted by atomic mass is 15.1. The number of aromatic nitrogens is 1. The quantitative estimate of drug-likeness (QED) is 0.166. The van der Waals surface area contributed by atoms with E-state index in [2.05, 4.69) is 175 Å². The molecule has 0 amide bonds. The fourth-order valence-electron chi connectivity index (χ4n) is 8.48. The number of pyridine rings is 1. The van der Waals surface area contributed by atoms with Gasteiger partial charge in [-0.1, -0.05) is 128 Å². The molecule has 0 spiro atoms. The zero-order chi connectivity index (χ0) is 34.3. The van der Waals surface area contributed by atoms with Crippen LogP contribution in [0.4, 0.5) is 11.4 Å². The summed E-state index contributed by atoms with van der Waals surface area (Å²) < 4.78 is 0. The molecule has 0 N–H and O–H groups in total. The summed E-state index contributed by atoms with van der Waals surface area (Å²) in [5.74, 6) is 0.470. The number of hydrogen-bond acceptors (Lipinski definition) is 2. The predicted molar refractivity (Wildman–Crippen MR) is 217 cm³/mol. The Hall–Kier alpha value is -5.99. The second-order valence-electron chi connectivity index (χ2n) is 14.0. The van der Waals surface area contributed by atoms with E-state index in [1.807, 2.05) is 12.4 Å². The van der Waals surface area contributed by atoms with Gasteiger partial charge in [-0.15, -0.1) is 0 Å². The van der Waals surface area contributed by atoms with E-state index in [-0.39, 0.29) is 0 Å². The summed E-state index contributed by atoms with van der Waals surface area (Å²) in [7, 11) is 0. The molecule has 0 saturated carbocycles. The lowest BCUT2D eigenvalue weighted by atomic mass is 9.78. The lowest BCUT2D eigenvalue weighted by Gasteiger charge is -2.32. The van der Waals surface area contributed by atoms with Gasteiger partial charge in [0.2, 0.25) is 0 Å². The molecule has 1 aromatic heterocycles. The van der Waals surface area contributed by atoms with E-state index >= 15 is 0 Å². The lowest BCUT2D eigenvalue weighted by Crippen LogP contribution is -2.20. The number of aryl methyl sites for hydroxylation is 1. The van der Waals surface area contributed by atoms with E-state index in [1.54, 1.807) is 0 Å². The first-order valence-corrected chi connectivity index (χ1v) is 18.2. The van der Waals surface area contributed by atoms with Crippen LogP contribution in [0.25, 0.3) is 61.0 Å². The highest BCUT2D eigenvalue weighted by molar-refractivity contribution is 6.25. The number of anilines is 2. The Morgan fingerprint density at radius 1 is 0.647 bits per heavy atom. The Balaban J connectivity index is 1.43. The molecule has 0 bridgehead atoms. The molecule has 0 aliphatic heterocycles. The topological polar surface area (TPSA) is 16.1 Å². The van der Waals surface area contributed by atoms with Gasteiger partial charge in [0.25, 0.3) is 0 Å². The van der Waals surface area contributed by atoms with Crippen LogP contribution in [0, 0.1) is 5.92 Å². The van der Waals surface area contributed by atoms with Crippen LogP contribution < -0.4 is 4.90 Å². The molecule has 2 heteroatoms. The summed E-state index contributed by atoms with van der Waals surface area (Å²) in [6, 6.07) is 46.8. The maximum Gasteiger partial charge on any atom is 0.0489 e. The Kier molecular flexibility index (Phi) is 7.93. The van der Waals surface area contributed by atoms with Crippen molar-refractivity contribution in [3.8, 4) is 33.4 Å². The van der Waals surface area contributed by atoms with Crippen molar-refractivity contribution in [2.75, 3.05) is 4.90 Å². The van der Waals surface area contributed by atoms with Gasteiger partial charge in [-0.3, -0.25) is 4.98 Å². The Bertz CT molecular complexity index is 2490. The third kappa shape index (κ3) is 5.58. The Morgan fingerprint density at radius 3 is 2.00 bits per heavy atom. The summed E-state index contributed by atoms with van der Waals surface area (Å²) in [6.45, 7) is 4.53. The second kappa shape index (κ2) is 13.0. The number of rotatable bonds is 6. The first-order valence-electron chi connectivity index (χ1n) is 18.2. The van der Waals surface area contributed by atoms with Gasteiger partial charge in [-0.2, -0.15) is 0 Å². The third-order valence-corrected chi connectivity index (χ3v) is 10.5. The largest absolute Gasteiger partial charge is 0.314 e. The van der Waals surface area contributed by atoms with Crippen LogP contribution >= 0.6 is 0 Å². The van der Waals surface area contributed by atoms with Gasteiger partial charge in [0.1, 0.15) is 0 Å². The van der Waals surface area contributed by atoms with Gasteiger partial charge >= 0.3 is 0 Å². The number of allylic oxidation sites excluding steroid dienone is 5. The molecule has 1 unspecified atom stereocenters. The van der Waals surface area contributed by atoms with Crippen LogP contribution in [0.1, 0.15) is 37.8 Å². The second-order valence-corrected chi connectivity index (χ2v) is 14.0. The normalized spacial score (nSPS) is 15.4. The lowest BCUT2D eigenvalue weighted by molar-refractivity contribution is 0.689. The van der Waals surface area contributed by atoms with Crippen LogP contribution in [-0.2, 0) is 6.42 Å². The summed E-state index contributed by atoms with van der Waals surface area (Å²) in [6.07, 6.45) is 16.3. The molecule has 2 aliphatic rings. The van der Waals surface area contributed by atoms with Crippen LogP contribution in [0.2, 0.25) is 0 Å². The van der Waals surface area contributed by atoms with Crippen molar-refractivity contribution >= 4 is 39.0 Å². The van der Waals surface area contributed by atoms with Crippen molar-refractivity contribution in [1.29, 1.82) is 0 Å². The maximum atomic E-state index is 4.38. The minimum Gasteiger partial charge on any atom is -0.314 e. The highest BCUT2D eigenvalue weighted by Gasteiger charge is 2.26. The molecule has 0 fully saturated rings. The number of fused-ring (bicyclic) bond motifs is 6. The first kappa shape index (κ1) is 31.0. The molecule has 6 aromatic carbocycles. The van der Waals surface area contributed by atoms with E-state index in [0.717, 1.165) is 24.9 Å². The fraction of sp³-hybridized carbons (Fsp3) is 0.122. The minimum atomic E-state index is 0.470. The zero-order valence-corrected chi connectivity index (χ0v) is 29.2. The van der Waals surface area contributed by atoms with Gasteiger partial charge in [0.05, 0.1) is 0 Å². The molecule has 0 saturated heterocycles. The smallest absolute Gasteiger partial charge is 0.0489 e. The maximum absolute atomic E-state index is 4.38. The molecule has 2 aliphatic carbocycles. The van der Waals surface area contributed by atoms with Gasteiger partial charge in [-0.25, -0.2) is 0 Å². The summed E-state index contributed by atoms with van der Waals surface area (Å²) >= 11 is 0. The summed E-state index contributed by atoms with van der Waals surface area (Å²) in [5, 5.41) is 5.28. The Morgan fingerprint density at radius 2 is 1.31 bits per heavy atom. The minimum absolute atomic E-state index is 0.470. The standard InChI is InChI=1S/C49H40N2/c1-33-28-34(2)30-40(29-33)51(38-24-26-50-27-25-38)39-22-23-43-46(31-39)41-20-12-13-21-42(41)48-45(36-16-8-4-9-17-36)32-44(35-14-6-3-7-15-35)47(49(43)48)37-18-10-5-11-19-37/h3-11,13-19,21-29,31-32,34H,12,20,30H2,1-2H3. The molecule has 1 heterocycles. The van der Waals surface area contributed by atoms with E-state index in [4.69, 9.17) is 0 Å². The molecule has 246 valence electrons. The van der Waals surface area contributed by atoms with Gasteiger partial charge in [0, 0.05) is 29.5 Å². The fourth-order valence-corrected chi connectivity index (χ4v) is 8.48. The third-order valence-electron chi connectivity index (χ3n) is 10.5. The molecular weight excluding hydrogens is 617 g/mol. The van der Waals surface area contributed by atoms with Crippen molar-refractivity contribution in [2.24, 2.45) is 5.92 Å². The molecule has 9 rings (SSSR count). The summed E-state index contributed by atoms with van der Waals surface area (Å²) in [5.41, 5.74) is 15.2. The average molecular weight is 657 g/mol. The monoisotopic (exact) mass is 656 g/mol. The van der Waals surface area contributed by atoms with Crippen LogP contribution in [0.5, 0.6) is 0 Å². The number of benzene rings is 6. The van der Waals surface area contributed by atoms with Crippen LogP contribution in [0.3, 0.4) is 0 Å². The van der Waals surface area contributed by atoms with Crippen molar-refractivity contribution < 1.29 is 0 Å². The molecule has 2 nitrogen and oxygen atoms in total. The number of nitrogens with zero attached hydrogens (tertiary/aromatic N) is 2. The molecule has 7 aromatic rings. The molecule has 1 atom stereocenters. The zero-order valence-electron chi connectivity index (χ0n) is 29.2. The predicted octanol–water partition coefficient (Wildman–Crippen LogP) is 13.4. The van der Waals surface area contributed by atoms with E-state index in [0.29, 0.717) is 5.92 Å². The first-order chi connectivity index (χ1) is 25.1. The van der Waals surface area contributed by atoms with Crippen molar-refractivity contribution in [2.45, 2.75) is 33.1 Å². The average Bonchev–Trinajstić information content (AvgIpc) is 3.18. The van der Waals surface area contributed by atoms with E-state index in [9.17, 15) is 0 Å².